The molecule has 0 aromatic rings. The predicted octanol–water partition coefficient (Wildman–Crippen LogP) is 25.3. The molecule has 2 unspecified atom stereocenters. The van der Waals surface area contributed by atoms with Gasteiger partial charge in [-0.2, -0.15) is 0 Å². The fraction of sp³-hybridized carbons (Fsp3) is 0.923. The summed E-state index contributed by atoms with van der Waals surface area (Å²) in [6.45, 7) is 4.99. The molecule has 6 nitrogen and oxygen atoms in total. The number of nitrogens with one attached hydrogen (secondary N) is 1. The fourth-order valence-corrected chi connectivity index (χ4v) is 12.4. The van der Waals surface area contributed by atoms with Crippen molar-refractivity contribution < 1.29 is 24.5 Å². The van der Waals surface area contributed by atoms with Crippen LogP contribution in [0.2, 0.25) is 0 Å². The summed E-state index contributed by atoms with van der Waals surface area (Å²) < 4.78 is 5.50. The zero-order chi connectivity index (χ0) is 60.6. The molecular weight excluding hydrogens is 1030 g/mol. The van der Waals surface area contributed by atoms with E-state index >= 15 is 0 Å². The number of hydrogen-bond donors (Lipinski definition) is 3. The van der Waals surface area contributed by atoms with E-state index in [1.165, 1.54) is 360 Å². The molecule has 0 heterocycles. The summed E-state index contributed by atoms with van der Waals surface area (Å²) in [6, 6.07) is -0.538. The van der Waals surface area contributed by atoms with Gasteiger partial charge in [-0.05, 0) is 57.8 Å². The Labute approximate surface area is 526 Å². The van der Waals surface area contributed by atoms with Crippen LogP contribution in [0.5, 0.6) is 0 Å². The van der Waals surface area contributed by atoms with E-state index in [1.54, 1.807) is 0 Å². The van der Waals surface area contributed by atoms with E-state index in [2.05, 4.69) is 43.5 Å². The Morgan fingerprint density at radius 2 is 0.595 bits per heavy atom. The average molecular weight is 1180 g/mol. The monoisotopic (exact) mass is 1180 g/mol. The number of rotatable bonds is 73. The van der Waals surface area contributed by atoms with Crippen molar-refractivity contribution in [3.63, 3.8) is 0 Å². The quantitative estimate of drug-likeness (QED) is 0.0320. The van der Waals surface area contributed by atoms with Crippen LogP contribution in [-0.2, 0) is 14.3 Å². The first-order chi connectivity index (χ1) is 41.5. The summed E-state index contributed by atoms with van der Waals surface area (Å²) in [7, 11) is 0. The lowest BCUT2D eigenvalue weighted by Crippen LogP contribution is -2.45. The number of allylic oxidation sites excluding steroid dienone is 4. The smallest absolute Gasteiger partial charge is 0.305 e. The van der Waals surface area contributed by atoms with Crippen molar-refractivity contribution in [1.29, 1.82) is 0 Å². The first kappa shape index (κ1) is 82.3. The lowest BCUT2D eigenvalue weighted by Gasteiger charge is -2.22. The summed E-state index contributed by atoms with van der Waals surface area (Å²) in [5.74, 6) is -0.00539. The number of aliphatic hydroxyl groups is 2. The molecule has 0 radical (unpaired) electrons. The van der Waals surface area contributed by atoms with Crippen molar-refractivity contribution in [3.8, 4) is 0 Å². The number of carbonyl (C=O) groups excluding carboxylic acids is 2. The molecule has 498 valence electrons. The van der Waals surface area contributed by atoms with Gasteiger partial charge in [0.1, 0.15) is 0 Å². The van der Waals surface area contributed by atoms with Crippen LogP contribution in [0.1, 0.15) is 438 Å². The van der Waals surface area contributed by atoms with Crippen LogP contribution < -0.4 is 5.32 Å². The lowest BCUT2D eigenvalue weighted by atomic mass is 10.0. The van der Waals surface area contributed by atoms with Crippen molar-refractivity contribution in [1.82, 2.24) is 5.32 Å². The van der Waals surface area contributed by atoms with E-state index in [-0.39, 0.29) is 18.5 Å². The van der Waals surface area contributed by atoms with E-state index in [1.807, 2.05) is 0 Å². The summed E-state index contributed by atoms with van der Waals surface area (Å²) >= 11 is 0. The lowest BCUT2D eigenvalue weighted by molar-refractivity contribution is -0.143. The van der Waals surface area contributed by atoms with Crippen molar-refractivity contribution in [2.45, 2.75) is 450 Å². The minimum Gasteiger partial charge on any atom is -0.466 e. The van der Waals surface area contributed by atoms with Gasteiger partial charge in [0.25, 0.3) is 0 Å². The zero-order valence-corrected chi connectivity index (χ0v) is 57.2. The van der Waals surface area contributed by atoms with Crippen molar-refractivity contribution >= 4 is 11.9 Å². The maximum absolute atomic E-state index is 12.5. The van der Waals surface area contributed by atoms with Gasteiger partial charge in [-0.15, -0.1) is 0 Å². The second kappa shape index (κ2) is 73.8. The molecule has 6 heteroatoms. The second-order valence-electron chi connectivity index (χ2n) is 26.7. The Balaban J connectivity index is 3.33. The molecule has 0 rings (SSSR count). The largest absolute Gasteiger partial charge is 0.466 e. The van der Waals surface area contributed by atoms with Gasteiger partial charge in [0.2, 0.25) is 5.91 Å². The van der Waals surface area contributed by atoms with Crippen LogP contribution in [0.4, 0.5) is 0 Å². The molecule has 0 fully saturated rings. The molecule has 0 aliphatic carbocycles. The number of ether oxygens (including phenoxy) is 1. The van der Waals surface area contributed by atoms with Gasteiger partial charge in [-0.3, -0.25) is 9.59 Å². The average Bonchev–Trinajstić information content (AvgIpc) is 3.54. The molecule has 3 N–H and O–H groups in total. The predicted molar refractivity (Wildman–Crippen MR) is 370 cm³/mol. The van der Waals surface area contributed by atoms with Crippen LogP contribution in [0.15, 0.2) is 24.3 Å². The Hall–Kier alpha value is -1.66. The van der Waals surface area contributed by atoms with Crippen LogP contribution >= 0.6 is 0 Å². The van der Waals surface area contributed by atoms with Gasteiger partial charge in [-0.25, -0.2) is 0 Å². The van der Waals surface area contributed by atoms with E-state index in [0.29, 0.717) is 25.9 Å². The Kier molecular flexibility index (Phi) is 72.3. The number of unbranched alkanes of at least 4 members (excludes halogenated alkanes) is 58. The Morgan fingerprint density at radius 1 is 0.333 bits per heavy atom. The third-order valence-corrected chi connectivity index (χ3v) is 18.3. The highest BCUT2D eigenvalue weighted by Crippen LogP contribution is 2.20. The van der Waals surface area contributed by atoms with Crippen molar-refractivity contribution in [2.75, 3.05) is 13.2 Å². The van der Waals surface area contributed by atoms with E-state index in [9.17, 15) is 19.8 Å². The molecule has 0 aromatic carbocycles. The molecule has 0 aliphatic heterocycles. The van der Waals surface area contributed by atoms with Crippen LogP contribution in [0.3, 0.4) is 0 Å². The summed E-state index contributed by atoms with van der Waals surface area (Å²) in [5, 5.41) is 23.3. The van der Waals surface area contributed by atoms with Gasteiger partial charge < -0.3 is 20.3 Å². The maximum Gasteiger partial charge on any atom is 0.305 e. The van der Waals surface area contributed by atoms with Crippen LogP contribution in [0.25, 0.3) is 0 Å². The first-order valence-corrected chi connectivity index (χ1v) is 38.6. The molecule has 1 amide bonds. The van der Waals surface area contributed by atoms with Gasteiger partial charge in [-0.1, -0.05) is 391 Å². The molecule has 0 bridgehead atoms. The minimum atomic E-state index is -0.661. The number of aliphatic hydroxyl groups excluding tert-OH is 2. The molecule has 0 spiro atoms. The van der Waals surface area contributed by atoms with Crippen LogP contribution in [-0.4, -0.2) is 47.4 Å². The zero-order valence-electron chi connectivity index (χ0n) is 57.2. The number of hydrogen-bond acceptors (Lipinski definition) is 5. The molecule has 84 heavy (non-hydrogen) atoms. The third-order valence-electron chi connectivity index (χ3n) is 18.3. The summed E-state index contributed by atoms with van der Waals surface area (Å²) in [5.41, 5.74) is 0. The van der Waals surface area contributed by atoms with Crippen LogP contribution in [0, 0.1) is 0 Å². The topological polar surface area (TPSA) is 95.9 Å². The highest BCUT2D eigenvalue weighted by Gasteiger charge is 2.20. The number of carbonyl (C=O) groups is 2. The fourth-order valence-electron chi connectivity index (χ4n) is 12.4. The van der Waals surface area contributed by atoms with Gasteiger partial charge >= 0.3 is 5.97 Å². The standard InChI is InChI=1S/C78H151NO5/c1-3-5-7-9-11-13-15-17-43-48-52-56-60-64-68-72-78(83)84-73-69-65-61-57-53-49-45-42-40-38-36-34-32-30-28-26-24-22-20-18-19-21-23-25-27-29-31-33-35-37-39-41-44-47-51-55-59-63-67-71-77(82)79-75(74-80)76(81)70-66-62-58-54-50-46-16-14-12-10-8-6-4-2/h18-19,22,24,75-76,80-81H,3-17,20-21,23,25-74H2,1-2H3,(H,79,82)/b19-18-,24-22-. The SMILES string of the molecule is CCCCCCCCCCCCCCCCCC(=O)OCCCCCCCCCCCCCCCCC/C=C\C/C=C\CCCCCCCCCCCCCCCCCCCC(=O)NC(CO)C(O)CCCCCCCCCCCCCCC. The van der Waals surface area contributed by atoms with Gasteiger partial charge in [0.15, 0.2) is 0 Å². The Morgan fingerprint density at radius 3 is 0.905 bits per heavy atom. The Bertz CT molecular complexity index is 1320. The third kappa shape index (κ3) is 69.4. The highest BCUT2D eigenvalue weighted by molar-refractivity contribution is 5.76. The summed E-state index contributed by atoms with van der Waals surface area (Å²) in [4.78, 5) is 24.6. The second-order valence-corrected chi connectivity index (χ2v) is 26.7. The molecule has 0 aromatic heterocycles. The summed E-state index contributed by atoms with van der Waals surface area (Å²) in [6.07, 6.45) is 94.2. The minimum absolute atomic E-state index is 0.0240. The van der Waals surface area contributed by atoms with Crippen molar-refractivity contribution in [2.24, 2.45) is 0 Å². The first-order valence-electron chi connectivity index (χ1n) is 38.6. The van der Waals surface area contributed by atoms with Crippen molar-refractivity contribution in [3.05, 3.63) is 24.3 Å². The highest BCUT2D eigenvalue weighted by atomic mass is 16.5. The van der Waals surface area contributed by atoms with Gasteiger partial charge in [0.05, 0.1) is 25.4 Å². The van der Waals surface area contributed by atoms with E-state index in [4.69, 9.17) is 4.74 Å². The molecule has 0 aliphatic rings. The van der Waals surface area contributed by atoms with E-state index < -0.39 is 12.1 Å². The maximum atomic E-state index is 12.5. The molecule has 2 atom stereocenters. The molecular formula is C78H151NO5. The molecule has 0 saturated carbocycles. The normalized spacial score (nSPS) is 12.6. The number of amides is 1. The van der Waals surface area contributed by atoms with Gasteiger partial charge in [0, 0.05) is 12.8 Å². The molecule has 0 saturated heterocycles. The van der Waals surface area contributed by atoms with E-state index in [0.717, 1.165) is 44.9 Å². The number of esters is 1.